The van der Waals surface area contributed by atoms with Crippen LogP contribution in [0.5, 0.6) is 0 Å². The van der Waals surface area contributed by atoms with Crippen molar-refractivity contribution in [3.05, 3.63) is 34.1 Å². The molecule has 2 atom stereocenters. The number of hydrogen-bond donors (Lipinski definition) is 1. The van der Waals surface area contributed by atoms with Gasteiger partial charge in [0.25, 0.3) is 0 Å². The van der Waals surface area contributed by atoms with Gasteiger partial charge in [-0.3, -0.25) is 4.79 Å². The number of aryl methyl sites for hydroxylation is 1. The Hall–Kier alpha value is -2.15. The number of nitrogens with one attached hydrogen (secondary N) is 1. The largest absolute Gasteiger partial charge is 0.365 e. The molecule has 1 aliphatic heterocycles. The Kier molecular flexibility index (Phi) is 7.24. The van der Waals surface area contributed by atoms with Crippen LogP contribution >= 0.6 is 15.9 Å². The zero-order valence-corrected chi connectivity index (χ0v) is 21.2. The van der Waals surface area contributed by atoms with E-state index >= 15 is 0 Å². The average Bonchev–Trinajstić information content (AvgIpc) is 2.72. The summed E-state index contributed by atoms with van der Waals surface area (Å²) in [7, 11) is 1.82. The van der Waals surface area contributed by atoms with E-state index in [0.717, 1.165) is 46.7 Å². The van der Waals surface area contributed by atoms with E-state index in [0.29, 0.717) is 17.8 Å². The Morgan fingerprint density at radius 3 is 2.52 bits per heavy atom. The van der Waals surface area contributed by atoms with Gasteiger partial charge in [-0.25, -0.2) is 9.97 Å². The van der Waals surface area contributed by atoms with Crippen LogP contribution in [0.1, 0.15) is 71.2 Å². The van der Waals surface area contributed by atoms with E-state index in [1.807, 2.05) is 25.8 Å². The molecule has 1 aromatic carbocycles. The summed E-state index contributed by atoms with van der Waals surface area (Å²) in [6.45, 7) is 12.5. The summed E-state index contributed by atoms with van der Waals surface area (Å²) < 4.78 is 0.956. The van der Waals surface area contributed by atoms with Gasteiger partial charge < -0.3 is 15.1 Å². The molecule has 3 rings (SSSR count). The summed E-state index contributed by atoms with van der Waals surface area (Å²) in [5.74, 6) is 2.61. The highest BCUT2D eigenvalue weighted by Gasteiger charge is 2.39. The van der Waals surface area contributed by atoms with Crippen LogP contribution in [0.3, 0.4) is 0 Å². The first kappa shape index (κ1) is 23.5. The van der Waals surface area contributed by atoms with E-state index in [1.165, 1.54) is 5.56 Å². The fourth-order valence-electron chi connectivity index (χ4n) is 4.13. The van der Waals surface area contributed by atoms with Crippen LogP contribution in [-0.2, 0) is 4.79 Å². The summed E-state index contributed by atoms with van der Waals surface area (Å²) >= 11 is 3.75. The van der Waals surface area contributed by atoms with Crippen molar-refractivity contribution in [1.29, 1.82) is 0 Å². The monoisotopic (exact) mass is 487 g/mol. The zero-order chi connectivity index (χ0) is 22.9. The molecule has 0 aliphatic carbocycles. The Morgan fingerprint density at radius 2 is 1.94 bits per heavy atom. The molecule has 0 radical (unpaired) electrons. The number of nitrogens with zero attached hydrogens (tertiary/aromatic N) is 4. The van der Waals surface area contributed by atoms with Gasteiger partial charge in [0.1, 0.15) is 17.6 Å². The predicted molar refractivity (Wildman–Crippen MR) is 133 cm³/mol. The van der Waals surface area contributed by atoms with Gasteiger partial charge in [0.05, 0.1) is 5.69 Å². The maximum absolute atomic E-state index is 13.3. The molecule has 2 heterocycles. The van der Waals surface area contributed by atoms with Gasteiger partial charge in [0, 0.05) is 17.6 Å². The Labute approximate surface area is 194 Å². The van der Waals surface area contributed by atoms with Crippen molar-refractivity contribution in [3.8, 4) is 0 Å². The highest BCUT2D eigenvalue weighted by Crippen LogP contribution is 2.45. The van der Waals surface area contributed by atoms with Gasteiger partial charge >= 0.3 is 0 Å². The molecule has 31 heavy (non-hydrogen) atoms. The van der Waals surface area contributed by atoms with Crippen LogP contribution in [0.2, 0.25) is 0 Å². The van der Waals surface area contributed by atoms with Crippen molar-refractivity contribution >= 4 is 44.8 Å². The molecule has 0 saturated carbocycles. The number of benzene rings is 1. The number of amides is 1. The first-order valence-corrected chi connectivity index (χ1v) is 12.0. The molecule has 0 saturated heterocycles. The van der Waals surface area contributed by atoms with Gasteiger partial charge in [-0.2, -0.15) is 0 Å². The lowest BCUT2D eigenvalue weighted by molar-refractivity contribution is -0.119. The van der Waals surface area contributed by atoms with E-state index in [2.05, 4.69) is 67.1 Å². The summed E-state index contributed by atoms with van der Waals surface area (Å²) in [6, 6.07) is 6.27. The average molecular weight is 488 g/mol. The summed E-state index contributed by atoms with van der Waals surface area (Å²) in [4.78, 5) is 26.5. The summed E-state index contributed by atoms with van der Waals surface area (Å²) in [6.07, 6.45) is 3.13. The van der Waals surface area contributed by atoms with Crippen molar-refractivity contribution in [3.63, 3.8) is 0 Å². The molecule has 0 spiro atoms. The van der Waals surface area contributed by atoms with Gasteiger partial charge in [-0.15, -0.1) is 0 Å². The van der Waals surface area contributed by atoms with Crippen molar-refractivity contribution in [2.24, 2.45) is 0 Å². The number of halogens is 1. The van der Waals surface area contributed by atoms with Crippen LogP contribution < -0.4 is 15.1 Å². The van der Waals surface area contributed by atoms with E-state index < -0.39 is 0 Å². The second-order valence-electron chi connectivity index (χ2n) is 8.64. The number of anilines is 4. The number of carbonyl (C=O) groups excluding carboxylic acids is 1. The lowest BCUT2D eigenvalue weighted by atomic mass is 10.0. The minimum atomic E-state index is -0.376. The number of fused-ring (bicyclic) bond motifs is 1. The Bertz CT molecular complexity index is 961. The lowest BCUT2D eigenvalue weighted by Crippen LogP contribution is -2.49. The highest BCUT2D eigenvalue weighted by atomic mass is 79.9. The molecule has 1 amide bonds. The molecule has 6 nitrogen and oxygen atoms in total. The van der Waals surface area contributed by atoms with E-state index in [4.69, 9.17) is 9.97 Å². The number of carbonyl (C=O) groups is 1. The third-order valence-corrected chi connectivity index (χ3v) is 6.62. The normalized spacial score (nSPS) is 17.2. The quantitative estimate of drug-likeness (QED) is 0.506. The molecule has 168 valence electrons. The number of aromatic nitrogens is 2. The maximum Gasteiger partial charge on any atom is 0.249 e. The predicted octanol–water partition coefficient (Wildman–Crippen LogP) is 6.16. The van der Waals surface area contributed by atoms with E-state index in [-0.39, 0.29) is 11.9 Å². The van der Waals surface area contributed by atoms with Crippen LogP contribution in [-0.4, -0.2) is 35.0 Å². The SMILES string of the molecule is CCCC(CC)Nc1nc(C)nc2c1N(C)C(=O)C(C)N2c1ccc(C(C)C)cc1Br. The third kappa shape index (κ3) is 4.56. The molecular weight excluding hydrogens is 454 g/mol. The third-order valence-electron chi connectivity index (χ3n) is 5.99. The van der Waals surface area contributed by atoms with Gasteiger partial charge in [0.2, 0.25) is 5.91 Å². The Morgan fingerprint density at radius 1 is 1.23 bits per heavy atom. The van der Waals surface area contributed by atoms with Crippen LogP contribution in [0.4, 0.5) is 23.0 Å². The van der Waals surface area contributed by atoms with Crippen molar-refractivity contribution in [1.82, 2.24) is 9.97 Å². The van der Waals surface area contributed by atoms with Crippen molar-refractivity contribution in [2.75, 3.05) is 22.2 Å². The fourth-order valence-corrected chi connectivity index (χ4v) is 4.72. The smallest absolute Gasteiger partial charge is 0.249 e. The molecule has 2 unspecified atom stereocenters. The topological polar surface area (TPSA) is 61.4 Å². The van der Waals surface area contributed by atoms with Gasteiger partial charge in [0.15, 0.2) is 11.6 Å². The maximum atomic E-state index is 13.3. The van der Waals surface area contributed by atoms with E-state index in [1.54, 1.807) is 4.90 Å². The number of rotatable bonds is 7. The van der Waals surface area contributed by atoms with Crippen LogP contribution in [0, 0.1) is 6.92 Å². The summed E-state index contributed by atoms with van der Waals surface area (Å²) in [5.41, 5.74) is 2.92. The van der Waals surface area contributed by atoms with Gasteiger partial charge in [-0.1, -0.05) is 40.2 Å². The standard InChI is InChI=1S/C24H34BrN5O/c1-8-10-18(9-2)28-22-21-23(27-16(6)26-22)30(15(5)24(31)29(21)7)20-12-11-17(14(3)4)13-19(20)25/h11-15,18H,8-10H2,1-7H3,(H,26,27,28). The van der Waals surface area contributed by atoms with Crippen LogP contribution in [0.15, 0.2) is 22.7 Å². The molecule has 2 aromatic rings. The molecule has 1 N–H and O–H groups in total. The van der Waals surface area contributed by atoms with Crippen molar-refractivity contribution < 1.29 is 4.79 Å². The minimum absolute atomic E-state index is 0.0198. The lowest BCUT2D eigenvalue weighted by Gasteiger charge is -2.40. The molecule has 1 aromatic heterocycles. The molecule has 0 bridgehead atoms. The molecular formula is C24H34BrN5O. The second kappa shape index (κ2) is 9.55. The van der Waals surface area contributed by atoms with Crippen LogP contribution in [0.25, 0.3) is 0 Å². The number of likely N-dealkylation sites (N-methyl/N-ethyl adjacent to an activating group) is 1. The highest BCUT2D eigenvalue weighted by molar-refractivity contribution is 9.10. The fraction of sp³-hybridized carbons (Fsp3) is 0.542. The summed E-state index contributed by atoms with van der Waals surface area (Å²) in [5, 5.41) is 3.59. The molecule has 0 fully saturated rings. The molecule has 1 aliphatic rings. The Balaban J connectivity index is 2.17. The van der Waals surface area contributed by atoms with Crippen molar-refractivity contribution in [2.45, 2.75) is 78.8 Å². The number of hydrogen-bond acceptors (Lipinski definition) is 5. The molecule has 7 heteroatoms. The first-order valence-electron chi connectivity index (χ1n) is 11.2. The van der Waals surface area contributed by atoms with E-state index in [9.17, 15) is 4.79 Å². The minimum Gasteiger partial charge on any atom is -0.365 e. The first-order chi connectivity index (χ1) is 14.7. The zero-order valence-electron chi connectivity index (χ0n) is 19.7. The second-order valence-corrected chi connectivity index (χ2v) is 9.49. The van der Waals surface area contributed by atoms with Gasteiger partial charge in [-0.05, 0) is 66.2 Å².